The number of carbonyl (C=O) groups excluding carboxylic acids is 4. The number of amides is 1. The molecular weight excluding hydrogens is 550 g/mol. The Balaban J connectivity index is 1.92. The van der Waals surface area contributed by atoms with E-state index in [1.54, 1.807) is 33.8 Å². The van der Waals surface area contributed by atoms with Gasteiger partial charge in [0.15, 0.2) is 11.4 Å². The average molecular weight is 588 g/mol. The molecule has 3 aliphatic rings. The number of phenols is 1. The number of rotatable bonds is 7. The Morgan fingerprint density at radius 3 is 2.31 bits per heavy atom. The van der Waals surface area contributed by atoms with Gasteiger partial charge in [-0.15, -0.1) is 0 Å². The van der Waals surface area contributed by atoms with Crippen molar-refractivity contribution in [1.29, 1.82) is 0 Å². The number of esters is 1. The van der Waals surface area contributed by atoms with E-state index in [0.29, 0.717) is 5.56 Å². The Hall–Kier alpha value is -3.94. The summed E-state index contributed by atoms with van der Waals surface area (Å²) in [7, 11) is 2.94. The molecule has 0 heterocycles. The van der Waals surface area contributed by atoms with Gasteiger partial charge in [-0.05, 0) is 44.5 Å². The zero-order valence-corrected chi connectivity index (χ0v) is 24.2. The van der Waals surface area contributed by atoms with Crippen molar-refractivity contribution in [1.82, 2.24) is 4.90 Å². The van der Waals surface area contributed by atoms with Crippen molar-refractivity contribution in [3.63, 3.8) is 0 Å². The van der Waals surface area contributed by atoms with Crippen LogP contribution in [0.15, 0.2) is 34.8 Å². The minimum absolute atomic E-state index is 0.0258. The van der Waals surface area contributed by atoms with E-state index in [0.717, 1.165) is 0 Å². The van der Waals surface area contributed by atoms with E-state index < -0.39 is 93.4 Å². The maximum atomic E-state index is 14.0. The molecule has 228 valence electrons. The van der Waals surface area contributed by atoms with Gasteiger partial charge in [0.05, 0.1) is 35.9 Å². The molecule has 0 saturated carbocycles. The third-order valence-corrected chi connectivity index (χ3v) is 8.65. The largest absolute Gasteiger partial charge is 0.510 e. The number of hydrogen-bond acceptors (Lipinski definition) is 12. The van der Waals surface area contributed by atoms with E-state index >= 15 is 0 Å². The first kappa shape index (κ1) is 31.0. The molecule has 13 nitrogen and oxygen atoms in total. The van der Waals surface area contributed by atoms with E-state index in [-0.39, 0.29) is 23.8 Å². The van der Waals surface area contributed by atoms with Crippen molar-refractivity contribution in [3.8, 4) is 5.75 Å². The lowest BCUT2D eigenvalue weighted by atomic mass is 9.55. The second-order valence-corrected chi connectivity index (χ2v) is 11.6. The smallest absolute Gasteiger partial charge is 0.328 e. The number of likely N-dealkylation sites (N-methyl/N-ethyl adjacent to an activating group) is 1. The third-order valence-electron chi connectivity index (χ3n) is 8.65. The molecule has 1 aromatic carbocycles. The van der Waals surface area contributed by atoms with Crippen LogP contribution < -0.4 is 11.1 Å². The van der Waals surface area contributed by atoms with E-state index in [4.69, 9.17) is 10.5 Å². The molecule has 0 aromatic heterocycles. The predicted octanol–water partition coefficient (Wildman–Crippen LogP) is 0.652. The van der Waals surface area contributed by atoms with E-state index in [1.807, 2.05) is 0 Å². The van der Waals surface area contributed by atoms with Crippen LogP contribution in [-0.4, -0.2) is 98.4 Å². The lowest BCUT2D eigenvalue weighted by molar-refractivity contribution is -0.162. The molecule has 1 unspecified atom stereocenters. The maximum Gasteiger partial charge on any atom is 0.328 e. The Bertz CT molecular complexity index is 1430. The van der Waals surface area contributed by atoms with Crippen LogP contribution in [0.4, 0.5) is 5.69 Å². The number of nitrogens with two attached hydrogens (primary N) is 1. The van der Waals surface area contributed by atoms with Gasteiger partial charge in [-0.2, -0.15) is 0 Å². The van der Waals surface area contributed by atoms with Gasteiger partial charge in [-0.25, -0.2) is 4.79 Å². The molecule has 1 aromatic rings. The predicted molar refractivity (Wildman–Crippen MR) is 149 cm³/mol. The summed E-state index contributed by atoms with van der Waals surface area (Å²) in [4.78, 5) is 53.5. The number of aliphatic hydroxyl groups excluding tert-OH is 3. The highest BCUT2D eigenvalue weighted by molar-refractivity contribution is 6.25. The molecule has 0 fully saturated rings. The number of primary amides is 1. The SMILES string of the molecule is CCOC(=O)C(Nc1ccc2c(c1O)C(=O)C1=C(O)[C@@]3(O)C(=O)C(C(N)=O)=C(O)[C@@H](N(C)C)[C@H]3[C@H](O)[C@H]1[C@@H]2C)C(C)C. The number of nitrogens with one attached hydrogen (secondary N) is 1. The monoisotopic (exact) mass is 587 g/mol. The second kappa shape index (κ2) is 10.7. The van der Waals surface area contributed by atoms with Crippen LogP contribution in [0, 0.1) is 17.8 Å². The number of phenolic OH excluding ortho intramolecular Hbond substituents is 1. The standard InChI is InChI=1S/C29H37N3O10/c1-7-42-28(40)19(10(2)3)31-13-9-8-12-11(4)14-16(22(34)15(12)21(13)33)25(37)29(41)18(23(14)35)20(32(5)6)24(36)17(26(29)38)27(30)39/h8-11,14,18-20,23,31,33,35-37,41H,7H2,1-6H3,(H2,30,39)/t11-,14+,18+,19?,20+,23-,29-/m1/s1. The molecule has 4 rings (SSSR count). The van der Waals surface area contributed by atoms with Crippen molar-refractivity contribution in [2.45, 2.75) is 57.4 Å². The lowest BCUT2D eigenvalue weighted by Crippen LogP contribution is -2.68. The number of aromatic hydroxyl groups is 1. The van der Waals surface area contributed by atoms with Gasteiger partial charge >= 0.3 is 5.97 Å². The molecule has 0 bridgehead atoms. The van der Waals surface area contributed by atoms with Gasteiger partial charge in [0.1, 0.15) is 28.9 Å². The second-order valence-electron chi connectivity index (χ2n) is 11.6. The maximum absolute atomic E-state index is 14.0. The minimum atomic E-state index is -3.00. The summed E-state index contributed by atoms with van der Waals surface area (Å²) in [5, 5.41) is 60.0. The molecule has 3 aliphatic carbocycles. The van der Waals surface area contributed by atoms with Gasteiger partial charge in [0, 0.05) is 11.5 Å². The van der Waals surface area contributed by atoms with Crippen molar-refractivity contribution in [2.24, 2.45) is 23.5 Å². The Morgan fingerprint density at radius 2 is 1.79 bits per heavy atom. The summed E-state index contributed by atoms with van der Waals surface area (Å²) in [6.07, 6.45) is -1.69. The van der Waals surface area contributed by atoms with Gasteiger partial charge < -0.3 is 41.3 Å². The number of benzene rings is 1. The zero-order valence-electron chi connectivity index (χ0n) is 24.2. The number of carbonyl (C=O) groups is 4. The highest BCUT2D eigenvalue weighted by atomic mass is 16.5. The number of Topliss-reactive ketones (excluding diaryl/α,β-unsaturated/α-hetero) is 2. The number of fused-ring (bicyclic) bond motifs is 3. The summed E-state index contributed by atoms with van der Waals surface area (Å²) < 4.78 is 5.12. The molecule has 0 radical (unpaired) electrons. The molecule has 42 heavy (non-hydrogen) atoms. The Kier molecular flexibility index (Phi) is 7.91. The minimum Gasteiger partial charge on any atom is -0.510 e. The first-order valence-electron chi connectivity index (χ1n) is 13.7. The first-order valence-corrected chi connectivity index (χ1v) is 13.7. The molecule has 7 atom stereocenters. The molecule has 13 heteroatoms. The molecule has 1 amide bonds. The van der Waals surface area contributed by atoms with Gasteiger partial charge in [0.25, 0.3) is 5.91 Å². The molecule has 0 spiro atoms. The average Bonchev–Trinajstić information content (AvgIpc) is 2.89. The van der Waals surface area contributed by atoms with E-state index in [9.17, 15) is 44.7 Å². The fourth-order valence-corrected chi connectivity index (χ4v) is 6.64. The lowest BCUT2D eigenvalue weighted by Gasteiger charge is -2.53. The van der Waals surface area contributed by atoms with E-state index in [1.165, 1.54) is 25.1 Å². The molecular formula is C29H37N3O10. The summed E-state index contributed by atoms with van der Waals surface area (Å²) in [5.41, 5.74) is 0.947. The summed E-state index contributed by atoms with van der Waals surface area (Å²) in [6, 6.07) is 0.806. The van der Waals surface area contributed by atoms with Gasteiger partial charge in [-0.3, -0.25) is 19.3 Å². The normalized spacial score (nSPS) is 29.7. The summed E-state index contributed by atoms with van der Waals surface area (Å²) in [5.74, 6) is -10.6. The quantitative estimate of drug-likeness (QED) is 0.133. The van der Waals surface area contributed by atoms with Crippen LogP contribution in [0.1, 0.15) is 49.5 Å². The van der Waals surface area contributed by atoms with Crippen molar-refractivity contribution < 1.29 is 49.4 Å². The third kappa shape index (κ3) is 4.26. The summed E-state index contributed by atoms with van der Waals surface area (Å²) in [6.45, 7) is 6.95. The number of ketones is 2. The molecule has 0 saturated heterocycles. The van der Waals surface area contributed by atoms with Gasteiger partial charge in [0.2, 0.25) is 5.78 Å². The molecule has 8 N–H and O–H groups in total. The van der Waals surface area contributed by atoms with Crippen LogP contribution in [0.5, 0.6) is 5.75 Å². The van der Waals surface area contributed by atoms with Crippen LogP contribution in [-0.2, 0) is 19.1 Å². The molecule has 0 aliphatic heterocycles. The Morgan fingerprint density at radius 1 is 1.17 bits per heavy atom. The number of hydrogen-bond donors (Lipinski definition) is 7. The topological polar surface area (TPSA) is 220 Å². The van der Waals surface area contributed by atoms with Crippen molar-refractivity contribution in [3.05, 3.63) is 45.9 Å². The zero-order chi connectivity index (χ0) is 31.6. The Labute approximate surface area is 242 Å². The fourth-order valence-electron chi connectivity index (χ4n) is 6.64. The number of anilines is 1. The fraction of sp³-hybridized carbons (Fsp3) is 0.517. The first-order chi connectivity index (χ1) is 19.5. The van der Waals surface area contributed by atoms with E-state index in [2.05, 4.69) is 5.32 Å². The number of aliphatic hydroxyl groups is 4. The van der Waals surface area contributed by atoms with Crippen LogP contribution >= 0.6 is 0 Å². The highest BCUT2D eigenvalue weighted by Crippen LogP contribution is 2.56. The van der Waals surface area contributed by atoms with Gasteiger partial charge in [-0.1, -0.05) is 26.8 Å². The van der Waals surface area contributed by atoms with Crippen molar-refractivity contribution >= 4 is 29.1 Å². The van der Waals surface area contributed by atoms with Crippen LogP contribution in [0.2, 0.25) is 0 Å². The number of nitrogens with zero attached hydrogens (tertiary/aromatic N) is 1. The van der Waals surface area contributed by atoms with Crippen molar-refractivity contribution in [2.75, 3.05) is 26.0 Å². The summed E-state index contributed by atoms with van der Waals surface area (Å²) >= 11 is 0. The number of ether oxygens (including phenoxy) is 1. The van der Waals surface area contributed by atoms with Crippen LogP contribution in [0.3, 0.4) is 0 Å². The highest BCUT2D eigenvalue weighted by Gasteiger charge is 2.67. The van der Waals surface area contributed by atoms with Crippen LogP contribution in [0.25, 0.3) is 0 Å².